The van der Waals surface area contributed by atoms with Crippen molar-refractivity contribution in [3.8, 4) is 16.9 Å². The minimum atomic E-state index is -4.70. The lowest BCUT2D eigenvalue weighted by molar-refractivity contribution is -0.274. The molecule has 0 unspecified atom stereocenters. The molecule has 8 heteroatoms. The lowest BCUT2D eigenvalue weighted by Crippen LogP contribution is -2.16. The molecular formula is C18H16F3N3O2. The summed E-state index contributed by atoms with van der Waals surface area (Å²) in [6.07, 6.45) is -0.402. The van der Waals surface area contributed by atoms with Crippen molar-refractivity contribution in [2.45, 2.75) is 25.8 Å². The van der Waals surface area contributed by atoms with Gasteiger partial charge in [0.25, 0.3) is 0 Å². The topological polar surface area (TPSA) is 48.7 Å². The van der Waals surface area contributed by atoms with E-state index in [1.165, 1.54) is 25.0 Å². The second-order valence-corrected chi connectivity index (χ2v) is 6.29. The number of fused-ring (bicyclic) bond motifs is 1. The Morgan fingerprint density at radius 2 is 1.73 bits per heavy atom. The first-order valence-electron chi connectivity index (χ1n) is 8.25. The summed E-state index contributed by atoms with van der Waals surface area (Å²) in [6, 6.07) is 9.40. The second kappa shape index (κ2) is 6.60. The molecule has 0 amide bonds. The summed E-state index contributed by atoms with van der Waals surface area (Å²) in [7, 11) is 0. The Labute approximate surface area is 147 Å². The summed E-state index contributed by atoms with van der Waals surface area (Å²) in [5, 5.41) is 8.25. The summed E-state index contributed by atoms with van der Waals surface area (Å²) >= 11 is 0. The molecule has 2 aromatic heterocycles. The minimum absolute atomic E-state index is 0.249. The Hall–Kier alpha value is -2.61. The molecule has 0 spiro atoms. The van der Waals surface area contributed by atoms with Crippen LogP contribution in [0, 0.1) is 5.92 Å². The Kier molecular flexibility index (Phi) is 4.28. The van der Waals surface area contributed by atoms with Gasteiger partial charge >= 0.3 is 6.36 Å². The first kappa shape index (κ1) is 16.8. The van der Waals surface area contributed by atoms with E-state index in [0.717, 1.165) is 17.7 Å². The van der Waals surface area contributed by atoms with E-state index >= 15 is 0 Å². The molecule has 0 atom stereocenters. The predicted octanol–water partition coefficient (Wildman–Crippen LogP) is 4.22. The third-order valence-corrected chi connectivity index (χ3v) is 4.18. The predicted molar refractivity (Wildman–Crippen MR) is 87.5 cm³/mol. The van der Waals surface area contributed by atoms with Crippen LogP contribution in [0.5, 0.6) is 5.75 Å². The maximum absolute atomic E-state index is 12.3. The number of pyridine rings is 1. The highest BCUT2D eigenvalue weighted by Gasteiger charge is 2.31. The van der Waals surface area contributed by atoms with Crippen LogP contribution in [0.4, 0.5) is 13.2 Å². The van der Waals surface area contributed by atoms with Crippen molar-refractivity contribution in [2.24, 2.45) is 5.92 Å². The van der Waals surface area contributed by atoms with E-state index in [-0.39, 0.29) is 5.75 Å². The van der Waals surface area contributed by atoms with Gasteiger partial charge in [-0.2, -0.15) is 0 Å². The van der Waals surface area contributed by atoms with Crippen LogP contribution in [-0.4, -0.2) is 27.6 Å². The van der Waals surface area contributed by atoms with Gasteiger partial charge in [-0.05, 0) is 54.2 Å². The molecule has 5 nitrogen and oxygen atoms in total. The largest absolute Gasteiger partial charge is 0.573 e. The van der Waals surface area contributed by atoms with Crippen molar-refractivity contribution in [1.29, 1.82) is 0 Å². The van der Waals surface area contributed by atoms with E-state index < -0.39 is 6.36 Å². The second-order valence-electron chi connectivity index (χ2n) is 6.29. The minimum Gasteiger partial charge on any atom is -0.406 e. The van der Waals surface area contributed by atoms with Gasteiger partial charge in [-0.25, -0.2) is 0 Å². The molecule has 26 heavy (non-hydrogen) atoms. The van der Waals surface area contributed by atoms with E-state index in [4.69, 9.17) is 4.74 Å². The smallest absolute Gasteiger partial charge is 0.406 e. The average Bonchev–Trinajstić information content (AvgIpc) is 3.33. The van der Waals surface area contributed by atoms with Crippen LogP contribution in [0.2, 0.25) is 0 Å². The van der Waals surface area contributed by atoms with Gasteiger partial charge in [0.15, 0.2) is 11.5 Å². The molecule has 4 rings (SSSR count). The molecule has 0 radical (unpaired) electrons. The summed E-state index contributed by atoms with van der Waals surface area (Å²) in [6.45, 7) is 1.11. The number of hydrogen-bond donors (Lipinski definition) is 0. The summed E-state index contributed by atoms with van der Waals surface area (Å²) in [5.41, 5.74) is 2.29. The zero-order valence-electron chi connectivity index (χ0n) is 13.7. The molecule has 1 fully saturated rings. The number of hydrogen-bond acceptors (Lipinski definition) is 4. The van der Waals surface area contributed by atoms with Gasteiger partial charge in [0.1, 0.15) is 12.4 Å². The zero-order chi connectivity index (χ0) is 18.1. The number of alkyl halides is 3. The standard InChI is InChI=1S/C18H16F3N3O2/c19-18(20,21)26-15-6-3-13(4-7-15)14-5-8-16-22-23-17(24(16)9-14)11-25-10-12-1-2-12/h3-9,12H,1-2,10-11H2. The van der Waals surface area contributed by atoms with E-state index in [9.17, 15) is 13.2 Å². The Balaban J connectivity index is 1.53. The van der Waals surface area contributed by atoms with Crippen molar-refractivity contribution in [3.63, 3.8) is 0 Å². The average molecular weight is 363 g/mol. The molecule has 136 valence electrons. The summed E-state index contributed by atoms with van der Waals surface area (Å²) in [5.74, 6) is 1.11. The van der Waals surface area contributed by atoms with E-state index in [2.05, 4.69) is 14.9 Å². The van der Waals surface area contributed by atoms with Crippen molar-refractivity contribution >= 4 is 5.65 Å². The zero-order valence-corrected chi connectivity index (χ0v) is 13.7. The van der Waals surface area contributed by atoms with Gasteiger partial charge in [0.2, 0.25) is 0 Å². The van der Waals surface area contributed by atoms with Crippen molar-refractivity contribution in [2.75, 3.05) is 6.61 Å². The van der Waals surface area contributed by atoms with Gasteiger partial charge < -0.3 is 9.47 Å². The van der Waals surface area contributed by atoms with Crippen LogP contribution < -0.4 is 4.74 Å². The van der Waals surface area contributed by atoms with Crippen LogP contribution in [0.3, 0.4) is 0 Å². The van der Waals surface area contributed by atoms with Gasteiger partial charge in [-0.15, -0.1) is 23.4 Å². The fourth-order valence-electron chi connectivity index (χ4n) is 2.66. The molecule has 1 aromatic carbocycles. The molecule has 1 saturated carbocycles. The molecular weight excluding hydrogens is 347 g/mol. The first-order chi connectivity index (χ1) is 12.5. The van der Waals surface area contributed by atoms with Gasteiger partial charge in [-0.3, -0.25) is 4.40 Å². The van der Waals surface area contributed by atoms with Gasteiger partial charge in [-0.1, -0.05) is 12.1 Å². The maximum atomic E-state index is 12.3. The van der Waals surface area contributed by atoms with Crippen LogP contribution in [0.25, 0.3) is 16.8 Å². The number of halogens is 3. The molecule has 1 aliphatic rings. The van der Waals surface area contributed by atoms with Crippen LogP contribution in [0.1, 0.15) is 18.7 Å². The fraction of sp³-hybridized carbons (Fsp3) is 0.333. The molecule has 1 aliphatic carbocycles. The van der Waals surface area contributed by atoms with Crippen LogP contribution >= 0.6 is 0 Å². The summed E-state index contributed by atoms with van der Waals surface area (Å²) in [4.78, 5) is 0. The highest BCUT2D eigenvalue weighted by atomic mass is 19.4. The maximum Gasteiger partial charge on any atom is 0.573 e. The molecule has 0 saturated heterocycles. The van der Waals surface area contributed by atoms with Gasteiger partial charge in [0, 0.05) is 12.8 Å². The lowest BCUT2D eigenvalue weighted by atomic mass is 10.1. The van der Waals surface area contributed by atoms with Crippen LogP contribution in [0.15, 0.2) is 42.6 Å². The highest BCUT2D eigenvalue weighted by Crippen LogP contribution is 2.29. The van der Waals surface area contributed by atoms with Crippen molar-refractivity contribution < 1.29 is 22.6 Å². The third kappa shape index (κ3) is 3.96. The quantitative estimate of drug-likeness (QED) is 0.658. The highest BCUT2D eigenvalue weighted by molar-refractivity contribution is 5.65. The molecule has 2 heterocycles. The van der Waals surface area contributed by atoms with Crippen molar-refractivity contribution in [1.82, 2.24) is 14.6 Å². The Morgan fingerprint density at radius 3 is 2.42 bits per heavy atom. The number of rotatable bonds is 6. The van der Waals surface area contributed by atoms with E-state index in [1.54, 1.807) is 12.1 Å². The molecule has 0 bridgehead atoms. The lowest BCUT2D eigenvalue weighted by Gasteiger charge is -2.09. The van der Waals surface area contributed by atoms with E-state index in [1.807, 2.05) is 22.7 Å². The number of benzene rings is 1. The monoisotopic (exact) mass is 363 g/mol. The SMILES string of the molecule is FC(F)(F)Oc1ccc(-c2ccc3nnc(COCC4CC4)n3c2)cc1. The number of aromatic nitrogens is 3. The third-order valence-electron chi connectivity index (χ3n) is 4.18. The Morgan fingerprint density at radius 1 is 1.00 bits per heavy atom. The van der Waals surface area contributed by atoms with Crippen LogP contribution in [-0.2, 0) is 11.3 Å². The first-order valence-corrected chi connectivity index (χ1v) is 8.25. The fourth-order valence-corrected chi connectivity index (χ4v) is 2.66. The molecule has 3 aromatic rings. The Bertz CT molecular complexity index is 902. The number of ether oxygens (including phenoxy) is 2. The number of nitrogens with zero attached hydrogens (tertiary/aromatic N) is 3. The normalized spacial score (nSPS) is 14.7. The van der Waals surface area contributed by atoms with E-state index in [0.29, 0.717) is 24.0 Å². The molecule has 0 aliphatic heterocycles. The molecule has 0 N–H and O–H groups in total. The van der Waals surface area contributed by atoms with Gasteiger partial charge in [0.05, 0.1) is 0 Å². The van der Waals surface area contributed by atoms with Crippen molar-refractivity contribution in [3.05, 3.63) is 48.4 Å². The summed E-state index contributed by atoms with van der Waals surface area (Å²) < 4.78 is 48.2.